The highest BCUT2D eigenvalue weighted by Crippen LogP contribution is 2.34. The maximum absolute atomic E-state index is 14.3. The van der Waals surface area contributed by atoms with Crippen LogP contribution < -0.4 is 4.90 Å². The summed E-state index contributed by atoms with van der Waals surface area (Å²) in [6, 6.07) is 14.2. The number of halogens is 2. The Morgan fingerprint density at radius 1 is 0.892 bits per heavy atom. The summed E-state index contributed by atoms with van der Waals surface area (Å²) >= 11 is 12.1. The topological polar surface area (TPSA) is 74.8 Å². The van der Waals surface area contributed by atoms with Crippen LogP contribution >= 0.6 is 23.2 Å². The summed E-state index contributed by atoms with van der Waals surface area (Å²) in [7, 11) is -4.16. The summed E-state index contributed by atoms with van der Waals surface area (Å²) in [6.45, 7) is 7.27. The minimum atomic E-state index is -4.16. The van der Waals surface area contributed by atoms with Gasteiger partial charge in [-0.2, -0.15) is 4.31 Å². The van der Waals surface area contributed by atoms with Crippen LogP contribution in [-0.2, 0) is 26.0 Å². The molecule has 9 heteroatoms. The van der Waals surface area contributed by atoms with Gasteiger partial charge >= 0.3 is 0 Å². The third-order valence-electron chi connectivity index (χ3n) is 6.93. The van der Waals surface area contributed by atoms with E-state index in [-0.39, 0.29) is 17.9 Å². The fourth-order valence-corrected chi connectivity index (χ4v) is 7.26. The number of sulfonamides is 1. The van der Waals surface area contributed by atoms with Gasteiger partial charge in [0.05, 0.1) is 17.0 Å². The van der Waals surface area contributed by atoms with E-state index in [1.54, 1.807) is 56.3 Å². The minimum absolute atomic E-state index is 0.00664. The second kappa shape index (κ2) is 10.6. The lowest BCUT2D eigenvalue weighted by Gasteiger charge is -2.29. The number of nitrogens with zero attached hydrogens (tertiary/aromatic N) is 2. The summed E-state index contributed by atoms with van der Waals surface area (Å²) in [4.78, 5) is 27.9. The summed E-state index contributed by atoms with van der Waals surface area (Å²) in [5, 5.41) is 1.000. The van der Waals surface area contributed by atoms with E-state index in [0.29, 0.717) is 33.3 Å². The Morgan fingerprint density at radius 3 is 2.11 bits per heavy atom. The van der Waals surface area contributed by atoms with Crippen LogP contribution in [0.3, 0.4) is 0 Å². The van der Waals surface area contributed by atoms with Gasteiger partial charge in [-0.15, -0.1) is 0 Å². The highest BCUT2D eigenvalue weighted by atomic mass is 35.5. The molecule has 1 aliphatic rings. The van der Waals surface area contributed by atoms with E-state index >= 15 is 0 Å². The lowest BCUT2D eigenvalue weighted by Crippen LogP contribution is -2.46. The second-order valence-corrected chi connectivity index (χ2v) is 12.0. The van der Waals surface area contributed by atoms with Gasteiger partial charge in [0.2, 0.25) is 15.9 Å². The molecule has 0 saturated carbocycles. The van der Waals surface area contributed by atoms with Gasteiger partial charge in [-0.3, -0.25) is 9.59 Å². The predicted molar refractivity (Wildman–Crippen MR) is 147 cm³/mol. The Balaban J connectivity index is 1.79. The Morgan fingerprint density at radius 2 is 1.51 bits per heavy atom. The normalized spacial score (nSPS) is 16.2. The standard InChI is InChI=1S/C28H28Cl2N2O4S/c1-17-14-18(2)20(4)27(19(17)3)37(35,36)31(13-12-21-6-5-7-23(30)15-21)25-16-26(33)32(28(25)34)24-10-8-22(29)9-11-24/h5-11,14-15,25H,12-13,16H2,1-4H3. The molecule has 1 heterocycles. The van der Waals surface area contributed by atoms with Crippen molar-refractivity contribution < 1.29 is 18.0 Å². The van der Waals surface area contributed by atoms with E-state index in [0.717, 1.165) is 21.6 Å². The van der Waals surface area contributed by atoms with Gasteiger partial charge < -0.3 is 0 Å². The van der Waals surface area contributed by atoms with Crippen LogP contribution in [0, 0.1) is 27.7 Å². The summed E-state index contributed by atoms with van der Waals surface area (Å²) in [5.74, 6) is -1.05. The van der Waals surface area contributed by atoms with Crippen molar-refractivity contribution in [3.63, 3.8) is 0 Å². The first kappa shape index (κ1) is 27.3. The van der Waals surface area contributed by atoms with Crippen molar-refractivity contribution in [2.45, 2.75) is 51.5 Å². The Kier molecular flexibility index (Phi) is 7.81. The molecule has 1 unspecified atom stereocenters. The van der Waals surface area contributed by atoms with Crippen LogP contribution in [-0.4, -0.2) is 37.1 Å². The first-order valence-corrected chi connectivity index (χ1v) is 14.1. The van der Waals surface area contributed by atoms with E-state index in [4.69, 9.17) is 23.2 Å². The number of benzene rings is 3. The first-order valence-electron chi connectivity index (χ1n) is 11.9. The number of amides is 2. The quantitative estimate of drug-likeness (QED) is 0.344. The number of rotatable bonds is 7. The molecule has 1 saturated heterocycles. The van der Waals surface area contributed by atoms with Gasteiger partial charge in [0.15, 0.2) is 0 Å². The number of imide groups is 1. The van der Waals surface area contributed by atoms with Crippen LogP contribution in [0.5, 0.6) is 0 Å². The molecule has 1 atom stereocenters. The van der Waals surface area contributed by atoms with Crippen LogP contribution in [0.25, 0.3) is 0 Å². The number of hydrogen-bond acceptors (Lipinski definition) is 4. The number of anilines is 1. The van der Waals surface area contributed by atoms with Gasteiger partial charge in [0.1, 0.15) is 6.04 Å². The lowest BCUT2D eigenvalue weighted by molar-refractivity contribution is -0.122. The molecule has 1 aliphatic heterocycles. The smallest absolute Gasteiger partial charge is 0.252 e. The molecule has 3 aromatic rings. The molecule has 0 spiro atoms. The molecule has 0 bridgehead atoms. The van der Waals surface area contributed by atoms with Crippen LogP contribution in [0.15, 0.2) is 59.5 Å². The lowest BCUT2D eigenvalue weighted by atomic mass is 10.0. The van der Waals surface area contributed by atoms with Crippen molar-refractivity contribution in [3.05, 3.63) is 92.5 Å². The maximum atomic E-state index is 14.3. The molecule has 0 radical (unpaired) electrons. The first-order chi connectivity index (χ1) is 17.4. The van der Waals surface area contributed by atoms with Crippen molar-refractivity contribution in [1.82, 2.24) is 4.31 Å². The van der Waals surface area contributed by atoms with E-state index in [1.807, 2.05) is 26.0 Å². The zero-order chi connectivity index (χ0) is 27.1. The molecule has 0 N–H and O–H groups in total. The predicted octanol–water partition coefficient (Wildman–Crippen LogP) is 5.79. The number of hydrogen-bond donors (Lipinski definition) is 0. The van der Waals surface area contributed by atoms with Crippen LogP contribution in [0.1, 0.15) is 34.2 Å². The van der Waals surface area contributed by atoms with E-state index < -0.39 is 27.9 Å². The second-order valence-electron chi connectivity index (χ2n) is 9.35. The van der Waals surface area contributed by atoms with Crippen LogP contribution in [0.4, 0.5) is 5.69 Å². The zero-order valence-corrected chi connectivity index (χ0v) is 23.4. The molecule has 2 amide bonds. The third-order valence-corrected chi connectivity index (χ3v) is 9.60. The minimum Gasteiger partial charge on any atom is -0.274 e. The highest BCUT2D eigenvalue weighted by Gasteiger charge is 2.47. The monoisotopic (exact) mass is 558 g/mol. The van der Waals surface area contributed by atoms with E-state index in [9.17, 15) is 18.0 Å². The number of aryl methyl sites for hydroxylation is 2. The summed E-state index contributed by atoms with van der Waals surface area (Å²) in [5.41, 5.74) is 4.12. The SMILES string of the molecule is Cc1cc(C)c(C)c(S(=O)(=O)N(CCc2cccc(Cl)c2)C2CC(=O)N(c3ccc(Cl)cc3)C2=O)c1C. The van der Waals surface area contributed by atoms with Crippen LogP contribution in [0.2, 0.25) is 10.0 Å². The van der Waals surface area contributed by atoms with Gasteiger partial charge in [0, 0.05) is 16.6 Å². The molecule has 4 rings (SSSR count). The number of carbonyl (C=O) groups excluding carboxylic acids is 2. The summed E-state index contributed by atoms with van der Waals surface area (Å²) in [6.07, 6.45) is 0.0702. The third kappa shape index (κ3) is 5.32. The van der Waals surface area contributed by atoms with Crippen molar-refractivity contribution >= 4 is 50.7 Å². The molecule has 1 fully saturated rings. The molecular weight excluding hydrogens is 531 g/mol. The average molecular weight is 560 g/mol. The fourth-order valence-electron chi connectivity index (χ4n) is 4.76. The summed E-state index contributed by atoms with van der Waals surface area (Å²) < 4.78 is 29.8. The highest BCUT2D eigenvalue weighted by molar-refractivity contribution is 7.89. The molecule has 0 aromatic heterocycles. The molecule has 37 heavy (non-hydrogen) atoms. The Hall–Kier alpha value is -2.71. The Labute approximate surface area is 227 Å². The largest absolute Gasteiger partial charge is 0.274 e. The zero-order valence-electron chi connectivity index (χ0n) is 21.1. The van der Waals surface area contributed by atoms with Crippen molar-refractivity contribution in [1.29, 1.82) is 0 Å². The Bertz CT molecular complexity index is 1460. The van der Waals surface area contributed by atoms with E-state index in [1.165, 1.54) is 4.31 Å². The molecule has 3 aromatic carbocycles. The maximum Gasteiger partial charge on any atom is 0.252 e. The van der Waals surface area contributed by atoms with Gasteiger partial charge in [0.25, 0.3) is 5.91 Å². The molecule has 0 aliphatic carbocycles. The fraction of sp³-hybridized carbons (Fsp3) is 0.286. The van der Waals surface area contributed by atoms with Gasteiger partial charge in [-0.25, -0.2) is 13.3 Å². The molecule has 194 valence electrons. The van der Waals surface area contributed by atoms with Crippen molar-refractivity contribution in [2.24, 2.45) is 0 Å². The van der Waals surface area contributed by atoms with Crippen molar-refractivity contribution in [2.75, 3.05) is 11.4 Å². The van der Waals surface area contributed by atoms with Crippen molar-refractivity contribution in [3.8, 4) is 0 Å². The molecular formula is C28H28Cl2N2O4S. The molecule has 6 nitrogen and oxygen atoms in total. The van der Waals surface area contributed by atoms with Gasteiger partial charge in [-0.1, -0.05) is 41.4 Å². The van der Waals surface area contributed by atoms with Gasteiger partial charge in [-0.05, 0) is 98.3 Å². The number of carbonyl (C=O) groups is 2. The average Bonchev–Trinajstić information content (AvgIpc) is 3.12. The van der Waals surface area contributed by atoms with E-state index in [2.05, 4.69) is 0 Å².